The van der Waals surface area contributed by atoms with Gasteiger partial charge in [0.05, 0.1) is 31.6 Å². The largest absolute Gasteiger partial charge is 0.497 e. The molecule has 1 aliphatic rings. The number of amides is 2. The van der Waals surface area contributed by atoms with Crippen molar-refractivity contribution in [3.8, 4) is 11.5 Å². The Balaban J connectivity index is 1.52. The lowest BCUT2D eigenvalue weighted by Gasteiger charge is -2.25. The Hall–Kier alpha value is -3.72. The monoisotopic (exact) mass is 495 g/mol. The van der Waals surface area contributed by atoms with Crippen molar-refractivity contribution in [1.29, 1.82) is 0 Å². The molecular weight excluding hydrogens is 469 g/mol. The van der Waals surface area contributed by atoms with Crippen LogP contribution in [0.5, 0.6) is 11.5 Å². The number of anilines is 2. The van der Waals surface area contributed by atoms with Gasteiger partial charge in [0, 0.05) is 36.6 Å². The number of hydrogen-bond donors (Lipinski definition) is 0. The van der Waals surface area contributed by atoms with Gasteiger partial charge in [-0.05, 0) is 43.2 Å². The number of thiazole rings is 1. The van der Waals surface area contributed by atoms with E-state index in [2.05, 4.69) is 4.98 Å². The Morgan fingerprint density at radius 2 is 2.00 bits per heavy atom. The van der Waals surface area contributed by atoms with E-state index in [1.807, 2.05) is 23.1 Å². The van der Waals surface area contributed by atoms with Gasteiger partial charge in [-0.25, -0.2) is 9.37 Å². The number of benzene rings is 2. The fourth-order valence-electron chi connectivity index (χ4n) is 4.20. The Labute approximate surface area is 207 Å². The van der Waals surface area contributed by atoms with Gasteiger partial charge in [0.1, 0.15) is 17.3 Å². The molecule has 2 aromatic carbocycles. The highest BCUT2D eigenvalue weighted by atomic mass is 32.1. The van der Waals surface area contributed by atoms with Gasteiger partial charge >= 0.3 is 0 Å². The van der Waals surface area contributed by atoms with E-state index < -0.39 is 5.82 Å². The Kier molecular flexibility index (Phi) is 7.45. The highest BCUT2D eigenvalue weighted by Gasteiger charge is 2.31. The maximum absolute atomic E-state index is 14.3. The minimum absolute atomic E-state index is 0.103. The Morgan fingerprint density at radius 3 is 2.71 bits per heavy atom. The highest BCUT2D eigenvalue weighted by molar-refractivity contribution is 7.14. The van der Waals surface area contributed by atoms with Crippen molar-refractivity contribution >= 4 is 40.0 Å². The van der Waals surface area contributed by atoms with Gasteiger partial charge < -0.3 is 14.4 Å². The van der Waals surface area contributed by atoms with E-state index in [0.29, 0.717) is 28.9 Å². The molecule has 9 heteroatoms. The van der Waals surface area contributed by atoms with Crippen molar-refractivity contribution in [2.75, 3.05) is 25.7 Å². The second kappa shape index (κ2) is 10.7. The van der Waals surface area contributed by atoms with Crippen molar-refractivity contribution < 1.29 is 23.5 Å². The van der Waals surface area contributed by atoms with Crippen LogP contribution in [0.15, 0.2) is 53.9 Å². The maximum Gasteiger partial charge on any atom is 0.247 e. The van der Waals surface area contributed by atoms with Crippen molar-refractivity contribution in [3.05, 3.63) is 71.0 Å². The minimum Gasteiger partial charge on any atom is -0.497 e. The normalized spacial score (nSPS) is 15.4. The molecule has 4 rings (SSSR count). The first kappa shape index (κ1) is 24.4. The molecule has 0 bridgehead atoms. The number of carbonyl (C=O) groups excluding carboxylic acids is 2. The number of methoxy groups -OCH3 is 2. The van der Waals surface area contributed by atoms with Crippen LogP contribution >= 0.6 is 11.3 Å². The molecule has 0 unspecified atom stereocenters. The number of halogens is 1. The van der Waals surface area contributed by atoms with Gasteiger partial charge in [-0.2, -0.15) is 0 Å². The zero-order chi connectivity index (χ0) is 24.9. The molecule has 0 radical (unpaired) electrons. The summed E-state index contributed by atoms with van der Waals surface area (Å²) in [4.78, 5) is 32.8. The van der Waals surface area contributed by atoms with Gasteiger partial charge in [0.25, 0.3) is 0 Å². The van der Waals surface area contributed by atoms with E-state index in [1.165, 1.54) is 41.4 Å². The van der Waals surface area contributed by atoms with E-state index in [9.17, 15) is 14.0 Å². The van der Waals surface area contributed by atoms with E-state index in [1.54, 1.807) is 37.8 Å². The third-order valence-corrected chi connectivity index (χ3v) is 6.69. The molecule has 7 nitrogen and oxygen atoms in total. The molecule has 35 heavy (non-hydrogen) atoms. The Bertz CT molecular complexity index is 1260. The molecule has 1 aliphatic heterocycles. The number of likely N-dealkylation sites (tertiary alicyclic amines) is 1. The van der Waals surface area contributed by atoms with Crippen molar-refractivity contribution in [1.82, 2.24) is 9.88 Å². The molecule has 2 amide bonds. The number of hydrogen-bond acceptors (Lipinski definition) is 6. The van der Waals surface area contributed by atoms with Crippen molar-refractivity contribution in [3.63, 3.8) is 0 Å². The van der Waals surface area contributed by atoms with Crippen LogP contribution in [0.25, 0.3) is 6.08 Å². The third kappa shape index (κ3) is 5.19. The third-order valence-electron chi connectivity index (χ3n) is 5.84. The maximum atomic E-state index is 14.3. The molecule has 0 spiro atoms. The summed E-state index contributed by atoms with van der Waals surface area (Å²) in [5.74, 6) is 0.358. The molecule has 1 aromatic heterocycles. The Morgan fingerprint density at radius 1 is 1.20 bits per heavy atom. The molecule has 0 saturated carbocycles. The lowest BCUT2D eigenvalue weighted by atomic mass is 10.0. The van der Waals surface area contributed by atoms with Crippen molar-refractivity contribution in [2.24, 2.45) is 0 Å². The first-order valence-electron chi connectivity index (χ1n) is 11.1. The predicted molar refractivity (Wildman–Crippen MR) is 134 cm³/mol. The standard InChI is InChI=1S/C26H26FN3O4S/c1-17(31)30(23-8-5-4-7-21(23)27)26-28-18(16-35-26)10-13-25(32)29-14-6-9-22(29)20-12-11-19(33-2)15-24(20)34-3/h4-5,7-8,10-13,15-16,22H,6,9,14H2,1-3H3/b13-10+/t22-/m1/s1. The summed E-state index contributed by atoms with van der Waals surface area (Å²) in [6, 6.07) is 11.6. The average Bonchev–Trinajstić information content (AvgIpc) is 3.53. The van der Waals surface area contributed by atoms with Crippen LogP contribution in [0, 0.1) is 5.82 Å². The molecule has 2 heterocycles. The topological polar surface area (TPSA) is 72.0 Å². The summed E-state index contributed by atoms with van der Waals surface area (Å²) in [5, 5.41) is 2.06. The number of rotatable bonds is 7. The van der Waals surface area contributed by atoms with Crippen LogP contribution in [0.3, 0.4) is 0 Å². The zero-order valence-corrected chi connectivity index (χ0v) is 20.5. The van der Waals surface area contributed by atoms with Crippen LogP contribution in [-0.4, -0.2) is 42.5 Å². The minimum atomic E-state index is -0.515. The average molecular weight is 496 g/mol. The lowest BCUT2D eigenvalue weighted by Crippen LogP contribution is -2.29. The van der Waals surface area contributed by atoms with Gasteiger partial charge in [-0.1, -0.05) is 12.1 Å². The number of carbonyl (C=O) groups is 2. The number of para-hydroxylation sites is 1. The van der Waals surface area contributed by atoms with Gasteiger partial charge in [0.2, 0.25) is 11.8 Å². The predicted octanol–water partition coefficient (Wildman–Crippen LogP) is 5.36. The number of nitrogens with zero attached hydrogens (tertiary/aromatic N) is 3. The van der Waals surface area contributed by atoms with Crippen LogP contribution in [0.1, 0.15) is 37.1 Å². The molecule has 1 atom stereocenters. The van der Waals surface area contributed by atoms with Crippen LogP contribution < -0.4 is 14.4 Å². The van der Waals surface area contributed by atoms with E-state index in [4.69, 9.17) is 9.47 Å². The molecule has 0 N–H and O–H groups in total. The van der Waals surface area contributed by atoms with E-state index >= 15 is 0 Å². The molecule has 0 aliphatic carbocycles. The zero-order valence-electron chi connectivity index (χ0n) is 19.7. The summed E-state index contributed by atoms with van der Waals surface area (Å²) in [7, 11) is 3.20. The van der Waals surface area contributed by atoms with Crippen LogP contribution in [-0.2, 0) is 9.59 Å². The highest BCUT2D eigenvalue weighted by Crippen LogP contribution is 2.39. The molecule has 1 saturated heterocycles. The summed E-state index contributed by atoms with van der Waals surface area (Å²) in [6.07, 6.45) is 4.81. The second-order valence-corrected chi connectivity index (χ2v) is 8.83. The quantitative estimate of drug-likeness (QED) is 0.413. The van der Waals surface area contributed by atoms with E-state index in [0.717, 1.165) is 18.4 Å². The SMILES string of the molecule is COc1ccc([C@H]2CCCN2C(=O)/C=C/c2csc(N(C(C)=O)c3ccccc3F)n2)c(OC)c1. The van der Waals surface area contributed by atoms with Gasteiger partial charge in [0.15, 0.2) is 5.13 Å². The number of aromatic nitrogens is 1. The van der Waals surface area contributed by atoms with Crippen LogP contribution in [0.4, 0.5) is 15.2 Å². The van der Waals surface area contributed by atoms with Gasteiger partial charge in [-0.15, -0.1) is 11.3 Å². The molecule has 182 valence electrons. The fourth-order valence-corrected chi connectivity index (χ4v) is 5.04. The number of ether oxygens (including phenoxy) is 2. The van der Waals surface area contributed by atoms with Crippen LogP contribution in [0.2, 0.25) is 0 Å². The summed E-state index contributed by atoms with van der Waals surface area (Å²) in [5.41, 5.74) is 1.58. The summed E-state index contributed by atoms with van der Waals surface area (Å²) in [6.45, 7) is 1.99. The molecule has 3 aromatic rings. The van der Waals surface area contributed by atoms with Crippen molar-refractivity contribution in [2.45, 2.75) is 25.8 Å². The smallest absolute Gasteiger partial charge is 0.247 e. The lowest BCUT2D eigenvalue weighted by molar-refractivity contribution is -0.126. The van der Waals surface area contributed by atoms with E-state index in [-0.39, 0.29) is 23.5 Å². The fraction of sp³-hybridized carbons (Fsp3) is 0.269. The second-order valence-electron chi connectivity index (χ2n) is 7.99. The summed E-state index contributed by atoms with van der Waals surface area (Å²) >= 11 is 1.20. The molecule has 1 fully saturated rings. The molecular formula is C26H26FN3O4S. The first-order chi connectivity index (χ1) is 16.9. The first-order valence-corrected chi connectivity index (χ1v) is 12.0. The summed E-state index contributed by atoms with van der Waals surface area (Å²) < 4.78 is 25.1. The van der Waals surface area contributed by atoms with Gasteiger partial charge in [-0.3, -0.25) is 14.5 Å².